The van der Waals surface area contributed by atoms with Crippen LogP contribution in [0.15, 0.2) is 36.4 Å². The summed E-state index contributed by atoms with van der Waals surface area (Å²) in [5.74, 6) is 1.61. The zero-order valence-electron chi connectivity index (χ0n) is 12.4. The first kappa shape index (κ1) is 15.3. The molecule has 2 aromatic rings. The molecule has 1 aromatic carbocycles. The second kappa shape index (κ2) is 7.04. The van der Waals surface area contributed by atoms with Crippen molar-refractivity contribution in [3.05, 3.63) is 53.2 Å². The molecule has 0 amide bonds. The molecule has 0 bridgehead atoms. The molecule has 4 nitrogen and oxygen atoms in total. The maximum atomic E-state index is 5.28. The van der Waals surface area contributed by atoms with E-state index < -0.39 is 0 Å². The Morgan fingerprint density at radius 1 is 1.19 bits per heavy atom. The maximum absolute atomic E-state index is 5.28. The molecule has 0 saturated heterocycles. The van der Waals surface area contributed by atoms with Gasteiger partial charge in [0.25, 0.3) is 0 Å². The highest BCUT2D eigenvalue weighted by molar-refractivity contribution is 7.80. The van der Waals surface area contributed by atoms with Crippen LogP contribution < -0.4 is 15.4 Å². The SMILES string of the molecule is COc1ccc(CNC(=S)Nc2cc(C)cc(C)n2)cc1. The molecule has 21 heavy (non-hydrogen) atoms. The molecule has 5 heteroatoms. The van der Waals surface area contributed by atoms with E-state index in [1.54, 1.807) is 7.11 Å². The lowest BCUT2D eigenvalue weighted by molar-refractivity contribution is 0.414. The van der Waals surface area contributed by atoms with E-state index >= 15 is 0 Å². The summed E-state index contributed by atoms with van der Waals surface area (Å²) in [5.41, 5.74) is 3.26. The molecule has 2 N–H and O–H groups in total. The lowest BCUT2D eigenvalue weighted by atomic mass is 10.2. The molecule has 0 aliphatic carbocycles. The first-order valence-corrected chi connectivity index (χ1v) is 7.11. The Labute approximate surface area is 130 Å². The number of hydrogen-bond donors (Lipinski definition) is 2. The number of nitrogens with one attached hydrogen (secondary N) is 2. The van der Waals surface area contributed by atoms with Gasteiger partial charge >= 0.3 is 0 Å². The number of aromatic nitrogens is 1. The average Bonchev–Trinajstić information content (AvgIpc) is 2.44. The number of anilines is 1. The molecule has 0 aliphatic heterocycles. The van der Waals surface area contributed by atoms with Crippen molar-refractivity contribution in [2.24, 2.45) is 0 Å². The minimum Gasteiger partial charge on any atom is -0.497 e. The van der Waals surface area contributed by atoms with Crippen molar-refractivity contribution in [2.75, 3.05) is 12.4 Å². The average molecular weight is 301 g/mol. The zero-order chi connectivity index (χ0) is 15.2. The Morgan fingerprint density at radius 2 is 1.90 bits per heavy atom. The van der Waals surface area contributed by atoms with Gasteiger partial charge in [0.05, 0.1) is 7.11 Å². The molecule has 110 valence electrons. The van der Waals surface area contributed by atoms with E-state index in [9.17, 15) is 0 Å². The Kier molecular flexibility index (Phi) is 5.11. The summed E-state index contributed by atoms with van der Waals surface area (Å²) in [6.45, 7) is 4.65. The number of nitrogens with zero attached hydrogens (tertiary/aromatic N) is 1. The van der Waals surface area contributed by atoms with Crippen molar-refractivity contribution >= 4 is 23.1 Å². The highest BCUT2D eigenvalue weighted by Crippen LogP contribution is 2.11. The second-order valence-electron chi connectivity index (χ2n) is 4.83. The van der Waals surface area contributed by atoms with Crippen molar-refractivity contribution in [3.8, 4) is 5.75 Å². The van der Waals surface area contributed by atoms with Gasteiger partial charge in [0.2, 0.25) is 0 Å². The molecule has 0 unspecified atom stereocenters. The Bertz CT molecular complexity index is 606. The van der Waals surface area contributed by atoms with E-state index in [1.807, 2.05) is 50.2 Å². The molecule has 0 saturated carbocycles. The van der Waals surface area contributed by atoms with Gasteiger partial charge in [-0.05, 0) is 61.5 Å². The lowest BCUT2D eigenvalue weighted by Gasteiger charge is -2.11. The molecular formula is C16H19N3OS. The summed E-state index contributed by atoms with van der Waals surface area (Å²) in [4.78, 5) is 4.40. The van der Waals surface area contributed by atoms with Crippen molar-refractivity contribution < 1.29 is 4.74 Å². The fourth-order valence-electron chi connectivity index (χ4n) is 1.99. The number of methoxy groups -OCH3 is 1. The van der Waals surface area contributed by atoms with Gasteiger partial charge < -0.3 is 15.4 Å². The van der Waals surface area contributed by atoms with Crippen LogP contribution >= 0.6 is 12.2 Å². The van der Waals surface area contributed by atoms with Gasteiger partial charge in [-0.2, -0.15) is 0 Å². The third kappa shape index (κ3) is 4.72. The molecule has 1 aromatic heterocycles. The maximum Gasteiger partial charge on any atom is 0.172 e. The fraction of sp³-hybridized carbons (Fsp3) is 0.250. The third-order valence-electron chi connectivity index (χ3n) is 2.95. The number of ether oxygens (including phenoxy) is 1. The lowest BCUT2D eigenvalue weighted by Crippen LogP contribution is -2.28. The molecule has 2 rings (SSSR count). The number of aryl methyl sites for hydroxylation is 2. The predicted octanol–water partition coefficient (Wildman–Crippen LogP) is 3.19. The highest BCUT2D eigenvalue weighted by atomic mass is 32.1. The molecule has 0 spiro atoms. The number of benzene rings is 1. The summed E-state index contributed by atoms with van der Waals surface area (Å²) in [6.07, 6.45) is 0. The molecular weight excluding hydrogens is 282 g/mol. The van der Waals surface area contributed by atoms with Crippen LogP contribution in [-0.2, 0) is 6.54 Å². The smallest absolute Gasteiger partial charge is 0.172 e. The summed E-state index contributed by atoms with van der Waals surface area (Å²) < 4.78 is 5.13. The van der Waals surface area contributed by atoms with Crippen molar-refractivity contribution in [2.45, 2.75) is 20.4 Å². The van der Waals surface area contributed by atoms with Gasteiger partial charge in [0, 0.05) is 12.2 Å². The van der Waals surface area contributed by atoms with E-state index in [-0.39, 0.29) is 0 Å². The molecule has 0 atom stereocenters. The van der Waals surface area contributed by atoms with Crippen molar-refractivity contribution in [3.63, 3.8) is 0 Å². The van der Waals surface area contributed by atoms with Gasteiger partial charge in [0.1, 0.15) is 11.6 Å². The summed E-state index contributed by atoms with van der Waals surface area (Å²) in [6, 6.07) is 11.9. The quantitative estimate of drug-likeness (QED) is 0.849. The fourth-order valence-corrected chi connectivity index (χ4v) is 2.17. The van der Waals surface area contributed by atoms with Gasteiger partial charge in [-0.25, -0.2) is 4.98 Å². The van der Waals surface area contributed by atoms with Crippen LogP contribution in [0.5, 0.6) is 5.75 Å². The van der Waals surface area contributed by atoms with Crippen LogP contribution in [0.2, 0.25) is 0 Å². The zero-order valence-corrected chi connectivity index (χ0v) is 13.3. The highest BCUT2D eigenvalue weighted by Gasteiger charge is 2.01. The van der Waals surface area contributed by atoms with Crippen molar-refractivity contribution in [1.29, 1.82) is 0 Å². The van der Waals surface area contributed by atoms with Gasteiger partial charge in [0.15, 0.2) is 5.11 Å². The second-order valence-corrected chi connectivity index (χ2v) is 5.24. The van der Waals surface area contributed by atoms with Crippen LogP contribution in [0, 0.1) is 13.8 Å². The number of rotatable bonds is 4. The first-order valence-electron chi connectivity index (χ1n) is 6.70. The third-order valence-corrected chi connectivity index (χ3v) is 3.20. The Morgan fingerprint density at radius 3 is 2.52 bits per heavy atom. The molecule has 0 radical (unpaired) electrons. The van der Waals surface area contributed by atoms with Gasteiger partial charge in [-0.15, -0.1) is 0 Å². The largest absolute Gasteiger partial charge is 0.497 e. The minimum atomic E-state index is 0.559. The van der Waals surface area contributed by atoms with Gasteiger partial charge in [-0.3, -0.25) is 0 Å². The number of thiocarbonyl (C=S) groups is 1. The van der Waals surface area contributed by atoms with E-state index in [0.29, 0.717) is 11.7 Å². The topological polar surface area (TPSA) is 46.2 Å². The standard InChI is InChI=1S/C16H19N3OS/c1-11-8-12(2)18-15(9-11)19-16(21)17-10-13-4-6-14(20-3)7-5-13/h4-9H,10H2,1-3H3,(H2,17,18,19,21). The Balaban J connectivity index is 1.89. The molecule has 1 heterocycles. The van der Waals surface area contributed by atoms with E-state index in [4.69, 9.17) is 17.0 Å². The van der Waals surface area contributed by atoms with E-state index in [1.165, 1.54) is 0 Å². The molecule has 0 fully saturated rings. The number of pyridine rings is 1. The van der Waals surface area contributed by atoms with E-state index in [2.05, 4.69) is 15.6 Å². The van der Waals surface area contributed by atoms with E-state index in [0.717, 1.165) is 28.4 Å². The monoisotopic (exact) mass is 301 g/mol. The predicted molar refractivity (Wildman–Crippen MR) is 89.8 cm³/mol. The van der Waals surface area contributed by atoms with Crippen LogP contribution in [0.3, 0.4) is 0 Å². The van der Waals surface area contributed by atoms with Crippen LogP contribution in [-0.4, -0.2) is 17.2 Å². The number of hydrogen-bond acceptors (Lipinski definition) is 3. The summed E-state index contributed by atoms with van der Waals surface area (Å²) in [5, 5.41) is 6.82. The summed E-state index contributed by atoms with van der Waals surface area (Å²) in [7, 11) is 1.66. The van der Waals surface area contributed by atoms with Gasteiger partial charge in [-0.1, -0.05) is 12.1 Å². The first-order chi connectivity index (χ1) is 10.1. The van der Waals surface area contributed by atoms with Crippen LogP contribution in [0.4, 0.5) is 5.82 Å². The Hall–Kier alpha value is -2.14. The van der Waals surface area contributed by atoms with Crippen LogP contribution in [0.25, 0.3) is 0 Å². The van der Waals surface area contributed by atoms with Crippen LogP contribution in [0.1, 0.15) is 16.8 Å². The summed E-state index contributed by atoms with van der Waals surface area (Å²) >= 11 is 5.28. The van der Waals surface area contributed by atoms with Crippen molar-refractivity contribution in [1.82, 2.24) is 10.3 Å². The molecule has 0 aliphatic rings. The minimum absolute atomic E-state index is 0.559. The normalized spacial score (nSPS) is 10.0.